The molecule has 0 atom stereocenters. The third kappa shape index (κ3) is 2.40. The number of primary amides is 1. The van der Waals surface area contributed by atoms with Crippen molar-refractivity contribution in [1.82, 2.24) is 0 Å². The van der Waals surface area contributed by atoms with E-state index in [1.807, 2.05) is 24.6 Å². The van der Waals surface area contributed by atoms with Crippen molar-refractivity contribution in [2.75, 3.05) is 6.79 Å². The molecular weight excluding hydrogens is 194 g/mol. The lowest BCUT2D eigenvalue weighted by atomic mass is 10.1. The average Bonchev–Trinajstić information content (AvgIpc) is 2.64. The van der Waals surface area contributed by atoms with Gasteiger partial charge in [0, 0.05) is 6.42 Å². The number of hydrogen-bond donors (Lipinski definition) is 1. The quantitative estimate of drug-likeness (QED) is 0.800. The maximum atomic E-state index is 10.5. The van der Waals surface area contributed by atoms with Gasteiger partial charge in [-0.15, -0.1) is 0 Å². The highest BCUT2D eigenvalue weighted by Gasteiger charge is 2.12. The van der Waals surface area contributed by atoms with E-state index in [0.29, 0.717) is 12.8 Å². The lowest BCUT2D eigenvalue weighted by Crippen LogP contribution is -2.10. The van der Waals surface area contributed by atoms with E-state index in [-0.39, 0.29) is 12.7 Å². The highest BCUT2D eigenvalue weighted by molar-refractivity contribution is 5.74. The van der Waals surface area contributed by atoms with Crippen LogP contribution in [-0.2, 0) is 11.2 Å². The molecule has 2 rings (SSSR count). The number of amides is 1. The Morgan fingerprint density at radius 2 is 2.20 bits per heavy atom. The van der Waals surface area contributed by atoms with E-state index in [1.54, 1.807) is 0 Å². The van der Waals surface area contributed by atoms with E-state index in [0.717, 1.165) is 17.1 Å². The Morgan fingerprint density at radius 3 is 3.00 bits per heavy atom. The molecule has 15 heavy (non-hydrogen) atoms. The predicted molar refractivity (Wildman–Crippen MR) is 54.4 cm³/mol. The molecule has 0 bridgehead atoms. The summed E-state index contributed by atoms with van der Waals surface area (Å²) in [5.74, 6) is 1.23. The van der Waals surface area contributed by atoms with E-state index >= 15 is 0 Å². The van der Waals surface area contributed by atoms with Gasteiger partial charge in [-0.3, -0.25) is 4.79 Å². The number of nitrogens with two attached hydrogens (primary N) is 1. The molecule has 1 heterocycles. The Labute approximate surface area is 88.0 Å². The van der Waals surface area contributed by atoms with Crippen LogP contribution in [0.2, 0.25) is 0 Å². The molecule has 0 fully saturated rings. The molecule has 1 radical (unpaired) electrons. The highest BCUT2D eigenvalue weighted by Crippen LogP contribution is 2.32. The first-order valence-corrected chi connectivity index (χ1v) is 4.74. The minimum Gasteiger partial charge on any atom is -0.454 e. The molecule has 0 spiro atoms. The smallest absolute Gasteiger partial charge is 0.231 e. The van der Waals surface area contributed by atoms with Crippen LogP contribution >= 0.6 is 0 Å². The maximum Gasteiger partial charge on any atom is 0.231 e. The largest absolute Gasteiger partial charge is 0.454 e. The van der Waals surface area contributed by atoms with Gasteiger partial charge in [0.05, 0.1) is 0 Å². The standard InChI is InChI=1S/C11H12NO3/c12-11(13)3-1-2-8-4-5-9-10(6-8)15-7-14-9/h1,4-6H,2-3,7H2,(H2,12,13). The SMILES string of the molecule is NC(=O)C[CH]Cc1ccc2c(c1)OCO2. The number of benzene rings is 1. The second-order valence-corrected chi connectivity index (χ2v) is 3.35. The summed E-state index contributed by atoms with van der Waals surface area (Å²) in [6, 6.07) is 5.74. The van der Waals surface area contributed by atoms with Crippen molar-refractivity contribution in [2.45, 2.75) is 12.8 Å². The summed E-state index contributed by atoms with van der Waals surface area (Å²) in [7, 11) is 0. The fourth-order valence-electron chi connectivity index (χ4n) is 1.45. The first-order valence-electron chi connectivity index (χ1n) is 4.74. The molecule has 2 N–H and O–H groups in total. The predicted octanol–water partition coefficient (Wildman–Crippen LogP) is 1.04. The molecule has 4 nitrogen and oxygen atoms in total. The number of carbonyl (C=O) groups excluding carboxylic acids is 1. The van der Waals surface area contributed by atoms with Crippen LogP contribution in [0.1, 0.15) is 12.0 Å². The number of hydrogen-bond acceptors (Lipinski definition) is 3. The summed E-state index contributed by atoms with van der Waals surface area (Å²) in [6.45, 7) is 0.282. The zero-order valence-corrected chi connectivity index (χ0v) is 8.23. The summed E-state index contributed by atoms with van der Waals surface area (Å²) < 4.78 is 10.4. The Bertz CT molecular complexity index is 376. The van der Waals surface area contributed by atoms with Gasteiger partial charge in [0.1, 0.15) is 0 Å². The van der Waals surface area contributed by atoms with Crippen molar-refractivity contribution in [3.63, 3.8) is 0 Å². The van der Waals surface area contributed by atoms with Crippen LogP contribution in [0.25, 0.3) is 0 Å². The minimum absolute atomic E-state index is 0.282. The highest BCUT2D eigenvalue weighted by atomic mass is 16.7. The van der Waals surface area contributed by atoms with E-state index < -0.39 is 0 Å². The van der Waals surface area contributed by atoms with E-state index in [2.05, 4.69) is 0 Å². The summed E-state index contributed by atoms with van der Waals surface area (Å²) in [6.07, 6.45) is 2.86. The summed E-state index contributed by atoms with van der Waals surface area (Å²) >= 11 is 0. The molecule has 0 saturated carbocycles. The van der Waals surface area contributed by atoms with Crippen molar-refractivity contribution in [1.29, 1.82) is 0 Å². The van der Waals surface area contributed by atoms with Crippen molar-refractivity contribution < 1.29 is 14.3 Å². The Morgan fingerprint density at radius 1 is 1.40 bits per heavy atom. The molecule has 1 aromatic carbocycles. The second-order valence-electron chi connectivity index (χ2n) is 3.35. The zero-order valence-electron chi connectivity index (χ0n) is 8.23. The van der Waals surface area contributed by atoms with Crippen LogP contribution in [0.5, 0.6) is 11.5 Å². The van der Waals surface area contributed by atoms with Crippen LogP contribution in [-0.4, -0.2) is 12.7 Å². The molecule has 0 unspecified atom stereocenters. The Balaban J connectivity index is 1.95. The van der Waals surface area contributed by atoms with Gasteiger partial charge >= 0.3 is 0 Å². The fourth-order valence-corrected chi connectivity index (χ4v) is 1.45. The maximum absolute atomic E-state index is 10.5. The van der Waals surface area contributed by atoms with Gasteiger partial charge in [0.25, 0.3) is 0 Å². The molecule has 0 saturated heterocycles. The van der Waals surface area contributed by atoms with Crippen molar-refractivity contribution in [3.05, 3.63) is 30.2 Å². The molecule has 0 aromatic heterocycles. The second kappa shape index (κ2) is 4.21. The molecular formula is C11H12NO3. The number of ether oxygens (including phenoxy) is 2. The monoisotopic (exact) mass is 206 g/mol. The normalized spacial score (nSPS) is 12.8. The zero-order chi connectivity index (χ0) is 10.7. The van der Waals surface area contributed by atoms with E-state index in [9.17, 15) is 4.79 Å². The Hall–Kier alpha value is -1.71. The molecule has 1 aromatic rings. The summed E-state index contributed by atoms with van der Waals surface area (Å²) in [5.41, 5.74) is 6.12. The minimum atomic E-state index is -0.309. The summed E-state index contributed by atoms with van der Waals surface area (Å²) in [5, 5.41) is 0. The fraction of sp³-hybridized carbons (Fsp3) is 0.273. The van der Waals surface area contributed by atoms with Crippen molar-refractivity contribution >= 4 is 5.91 Å². The van der Waals surface area contributed by atoms with Gasteiger partial charge in [-0.1, -0.05) is 6.07 Å². The van der Waals surface area contributed by atoms with Crippen LogP contribution in [0.3, 0.4) is 0 Å². The lowest BCUT2D eigenvalue weighted by molar-refractivity contribution is -0.117. The third-order valence-corrected chi connectivity index (χ3v) is 2.16. The molecule has 0 aliphatic carbocycles. The molecule has 79 valence electrons. The van der Waals surface area contributed by atoms with Crippen molar-refractivity contribution in [3.8, 4) is 11.5 Å². The van der Waals surface area contributed by atoms with Gasteiger partial charge in [-0.25, -0.2) is 0 Å². The molecule has 4 heteroatoms. The lowest BCUT2D eigenvalue weighted by Gasteiger charge is -2.01. The molecule has 1 aliphatic rings. The molecule has 1 amide bonds. The van der Waals surface area contributed by atoms with E-state index in [1.165, 1.54) is 0 Å². The van der Waals surface area contributed by atoms with E-state index in [4.69, 9.17) is 15.2 Å². The van der Waals surface area contributed by atoms with Gasteiger partial charge in [-0.05, 0) is 30.5 Å². The first-order chi connectivity index (χ1) is 7.25. The van der Waals surface area contributed by atoms with Crippen LogP contribution in [0.15, 0.2) is 18.2 Å². The number of fused-ring (bicyclic) bond motifs is 1. The first kappa shape index (κ1) is 9.83. The van der Waals surface area contributed by atoms with Crippen molar-refractivity contribution in [2.24, 2.45) is 5.73 Å². The third-order valence-electron chi connectivity index (χ3n) is 2.16. The van der Waals surface area contributed by atoms with Crippen LogP contribution in [0, 0.1) is 6.42 Å². The van der Waals surface area contributed by atoms with Gasteiger partial charge in [-0.2, -0.15) is 0 Å². The summed E-state index contributed by atoms with van der Waals surface area (Å²) in [4.78, 5) is 10.5. The average molecular weight is 206 g/mol. The molecule has 1 aliphatic heterocycles. The topological polar surface area (TPSA) is 61.6 Å². The van der Waals surface area contributed by atoms with Gasteiger partial charge < -0.3 is 15.2 Å². The number of rotatable bonds is 4. The van der Waals surface area contributed by atoms with Gasteiger partial charge in [0.2, 0.25) is 12.7 Å². The van der Waals surface area contributed by atoms with Crippen LogP contribution in [0.4, 0.5) is 0 Å². The van der Waals surface area contributed by atoms with Crippen LogP contribution < -0.4 is 15.2 Å². The number of carbonyl (C=O) groups is 1. The Kier molecular flexibility index (Phi) is 2.76. The van der Waals surface area contributed by atoms with Gasteiger partial charge in [0.15, 0.2) is 11.5 Å².